The van der Waals surface area contributed by atoms with Gasteiger partial charge in [0.05, 0.1) is 119 Å². The number of hydrogen-bond donors (Lipinski definition) is 2. The minimum atomic E-state index is -1.16. The lowest BCUT2D eigenvalue weighted by atomic mass is 10.0. The van der Waals surface area contributed by atoms with Gasteiger partial charge in [0.15, 0.2) is 0 Å². The predicted molar refractivity (Wildman–Crippen MR) is 337 cm³/mol. The minimum Gasteiger partial charge on any atom is -0.478 e. The molecule has 0 bridgehead atoms. The Morgan fingerprint density at radius 2 is 0.878 bits per heavy atom. The Bertz CT molecular complexity index is 4560. The summed E-state index contributed by atoms with van der Waals surface area (Å²) in [6.07, 6.45) is -2.59. The molecule has 2 saturated heterocycles. The summed E-state index contributed by atoms with van der Waals surface area (Å²) in [5.41, 5.74) is 2.20. The van der Waals surface area contributed by atoms with Crippen LogP contribution in [0, 0.1) is 57.6 Å². The number of carbonyl (C=O) groups is 4. The molecule has 2 fully saturated rings. The molecular weight excluding hydrogens is 1290 g/mol. The zero-order valence-corrected chi connectivity index (χ0v) is 52.4. The van der Waals surface area contributed by atoms with Gasteiger partial charge in [0.25, 0.3) is 0 Å². The van der Waals surface area contributed by atoms with Crippen LogP contribution in [0.2, 0.25) is 0 Å². The number of aromatic carboxylic acids is 2. The third-order valence-corrected chi connectivity index (χ3v) is 16.7. The van der Waals surface area contributed by atoms with Crippen LogP contribution in [0.3, 0.4) is 0 Å². The van der Waals surface area contributed by atoms with Gasteiger partial charge < -0.3 is 57.6 Å². The van der Waals surface area contributed by atoms with E-state index in [0.29, 0.717) is 33.7 Å². The van der Waals surface area contributed by atoms with Crippen LogP contribution >= 0.6 is 0 Å². The highest BCUT2D eigenvalue weighted by Crippen LogP contribution is 2.37. The molecule has 4 atom stereocenters. The van der Waals surface area contributed by atoms with Gasteiger partial charge in [-0.1, -0.05) is 24.3 Å². The van der Waals surface area contributed by atoms with Crippen LogP contribution in [0.1, 0.15) is 77.8 Å². The number of nitriles is 2. The summed E-state index contributed by atoms with van der Waals surface area (Å²) in [5.74, 6) is -5.93. The summed E-state index contributed by atoms with van der Waals surface area (Å²) >= 11 is 0. The van der Waals surface area contributed by atoms with Crippen molar-refractivity contribution in [3.63, 3.8) is 0 Å². The molecule has 2 N–H and O–H groups in total. The van der Waals surface area contributed by atoms with Crippen LogP contribution in [-0.2, 0) is 45.0 Å². The van der Waals surface area contributed by atoms with Crippen molar-refractivity contribution >= 4 is 46.2 Å². The molecule has 2 aliphatic heterocycles. The van der Waals surface area contributed by atoms with Crippen LogP contribution in [0.5, 0.6) is 11.8 Å². The number of imidazole rings is 2. The zero-order valence-electron chi connectivity index (χ0n) is 52.4. The average molecular weight is 1340 g/mol. The summed E-state index contributed by atoms with van der Waals surface area (Å²) in [4.78, 5) is 69.1. The second kappa shape index (κ2) is 29.0. The lowest BCUT2D eigenvalue weighted by molar-refractivity contribution is 0.0686. The lowest BCUT2D eigenvalue weighted by Gasteiger charge is -2.22. The van der Waals surface area contributed by atoms with Gasteiger partial charge in [-0.25, -0.2) is 65.5 Å². The molecule has 28 heteroatoms. The Morgan fingerprint density at radius 3 is 1.23 bits per heavy atom. The average Bonchev–Trinajstić information content (AvgIpc) is 1.59. The maximum atomic E-state index is 15.8. The molecule has 0 unspecified atom stereocenters. The number of nitrogens with zero attached hydrogens (tertiary/aromatic N) is 10. The first-order valence-corrected chi connectivity index (χ1v) is 29.9. The monoisotopic (exact) mass is 1340 g/mol. The molecule has 0 radical (unpaired) electrons. The quantitative estimate of drug-likeness (QED) is 0.0755. The molecule has 22 nitrogen and oxygen atoms in total. The number of rotatable bonds is 18. The van der Waals surface area contributed by atoms with E-state index in [2.05, 4.69) is 19.9 Å². The molecule has 0 aliphatic carbocycles. The van der Waals surface area contributed by atoms with Gasteiger partial charge in [0.1, 0.15) is 59.8 Å². The van der Waals surface area contributed by atoms with E-state index in [9.17, 15) is 38.2 Å². The van der Waals surface area contributed by atoms with Crippen molar-refractivity contribution in [2.75, 3.05) is 54.6 Å². The molecule has 6 heterocycles. The van der Waals surface area contributed by atoms with Crippen molar-refractivity contribution in [3.05, 3.63) is 225 Å². The number of fused-ring (bicyclic) bond motifs is 2. The SMILES string of the molecule is COC(=O)N1C[C@@H](n2c(Cc3cc(F)c(-c4cccc(OCc5ccc(C#N)cc5F)n4)cc3F)nc3ccc(C(=O)O)cc32)[C@H](OC)C1.COC(=O)N1C[C@@H](n2c(Cc3cc(F)c(-c4cccc(OCc5ccc(C#N)cc5F)n4)cc3F)nc3ccc(C(=O)O)cc32)[C@H](OC)C1. The molecular formula is C70H56F6N10O12. The number of pyridine rings is 2. The fraction of sp³-hybridized carbons (Fsp3) is 0.229. The summed E-state index contributed by atoms with van der Waals surface area (Å²) in [7, 11) is 5.47. The number of halogens is 6. The van der Waals surface area contributed by atoms with Gasteiger partial charge in [-0.05, 0) is 108 Å². The van der Waals surface area contributed by atoms with Gasteiger partial charge in [0.2, 0.25) is 11.8 Å². The summed E-state index contributed by atoms with van der Waals surface area (Å²) < 4.78 is 127. The van der Waals surface area contributed by atoms with Crippen molar-refractivity contribution in [2.24, 2.45) is 0 Å². The summed E-state index contributed by atoms with van der Waals surface area (Å²) in [6.45, 7) is 0.224. The molecule has 10 aromatic rings. The van der Waals surface area contributed by atoms with Crippen molar-refractivity contribution in [2.45, 2.75) is 50.3 Å². The Morgan fingerprint density at radius 1 is 0.480 bits per heavy atom. The first-order valence-electron chi connectivity index (χ1n) is 29.9. The Hall–Kier alpha value is -11.9. The van der Waals surface area contributed by atoms with E-state index in [-0.39, 0.29) is 131 Å². The van der Waals surface area contributed by atoms with E-state index in [0.717, 1.165) is 36.4 Å². The lowest BCUT2D eigenvalue weighted by Crippen LogP contribution is -2.29. The van der Waals surface area contributed by atoms with E-state index in [1.807, 2.05) is 12.1 Å². The maximum absolute atomic E-state index is 15.8. The van der Waals surface area contributed by atoms with Crippen molar-refractivity contribution in [1.82, 2.24) is 38.9 Å². The molecule has 0 spiro atoms. The van der Waals surface area contributed by atoms with Crippen LogP contribution in [0.25, 0.3) is 44.6 Å². The Balaban J connectivity index is 0.000000198. The van der Waals surface area contributed by atoms with Crippen LogP contribution in [0.4, 0.5) is 35.9 Å². The topological polar surface area (TPSA) is 280 Å². The molecule has 0 saturated carbocycles. The minimum absolute atomic E-state index is 0.000635. The number of likely N-dealkylation sites (tertiary alicyclic amines) is 2. The zero-order chi connectivity index (χ0) is 69.6. The predicted octanol–water partition coefficient (Wildman–Crippen LogP) is 11.8. The van der Waals surface area contributed by atoms with Gasteiger partial charge in [-0.3, -0.25) is 0 Å². The second-order valence-electron chi connectivity index (χ2n) is 22.6. The van der Waals surface area contributed by atoms with Crippen molar-refractivity contribution in [3.8, 4) is 46.4 Å². The number of benzene rings is 6. The molecule has 2 aliphatic rings. The van der Waals surface area contributed by atoms with Gasteiger partial charge >= 0.3 is 24.1 Å². The second-order valence-corrected chi connectivity index (χ2v) is 22.6. The van der Waals surface area contributed by atoms with Gasteiger partial charge in [0, 0.05) is 74.5 Å². The number of methoxy groups -OCH3 is 4. The molecule has 12 rings (SSSR count). The normalized spacial score (nSPS) is 15.7. The fourth-order valence-electron chi connectivity index (χ4n) is 11.8. The summed E-state index contributed by atoms with van der Waals surface area (Å²) in [6, 6.07) is 32.4. The maximum Gasteiger partial charge on any atom is 0.409 e. The Labute approximate surface area is 553 Å². The van der Waals surface area contributed by atoms with E-state index < -0.39 is 83.3 Å². The fourth-order valence-corrected chi connectivity index (χ4v) is 11.8. The number of aromatic nitrogens is 6. The molecule has 6 aromatic carbocycles. The van der Waals surface area contributed by atoms with Crippen molar-refractivity contribution < 1.29 is 84.2 Å². The third-order valence-electron chi connectivity index (χ3n) is 16.7. The molecule has 500 valence electrons. The first-order chi connectivity index (χ1) is 47.2. The molecule has 4 aromatic heterocycles. The van der Waals surface area contributed by atoms with Gasteiger partial charge in [-0.2, -0.15) is 10.5 Å². The smallest absolute Gasteiger partial charge is 0.409 e. The Kier molecular flexibility index (Phi) is 20.0. The molecule has 98 heavy (non-hydrogen) atoms. The number of carboxylic acids is 2. The third kappa shape index (κ3) is 14.2. The summed E-state index contributed by atoms with van der Waals surface area (Å²) in [5, 5.41) is 37.2. The van der Waals surface area contributed by atoms with Crippen LogP contribution in [0.15, 0.2) is 133 Å². The number of amides is 2. The first kappa shape index (κ1) is 67.5. The number of carboxylic acid groups (broad SMARTS) is 2. The van der Waals surface area contributed by atoms with E-state index in [4.69, 9.17) is 38.9 Å². The molecule has 2 amide bonds. The van der Waals surface area contributed by atoms with Crippen molar-refractivity contribution in [1.29, 1.82) is 10.5 Å². The van der Waals surface area contributed by atoms with E-state index >= 15 is 17.6 Å². The standard InChI is InChI=1S/2C35H28F3N5O6/c2*1-47-31-17-42(35(46)48-2)16-30(31)43-29-12-20(34(44)45)8-9-28(29)40-32(43)13-22-11-26(38)23(14-25(22)37)27-4-3-5-33(41-27)49-18-21-7-6-19(15-39)10-24(21)36/h2*3-12,14,30-31H,13,16-18H2,1-2H3,(H,44,45)/t2*30-,31-/m11/s1. The van der Waals surface area contributed by atoms with Crippen LogP contribution in [-0.4, -0.2) is 140 Å². The van der Waals surface area contributed by atoms with Crippen LogP contribution < -0.4 is 9.47 Å². The van der Waals surface area contributed by atoms with Gasteiger partial charge in [-0.15, -0.1) is 0 Å². The van der Waals surface area contributed by atoms with E-state index in [1.54, 1.807) is 9.13 Å². The highest BCUT2D eigenvalue weighted by molar-refractivity contribution is 5.93. The number of hydrogen-bond acceptors (Lipinski definition) is 16. The highest BCUT2D eigenvalue weighted by atomic mass is 19.1. The highest BCUT2D eigenvalue weighted by Gasteiger charge is 2.41. The largest absolute Gasteiger partial charge is 0.478 e. The van der Waals surface area contributed by atoms with E-state index in [1.165, 1.54) is 135 Å². The number of carbonyl (C=O) groups excluding carboxylic acids is 2. The number of ether oxygens (including phenoxy) is 6.